The number of carbonyl (C=O) groups is 2. The van der Waals surface area contributed by atoms with Crippen molar-refractivity contribution in [3.05, 3.63) is 65.4 Å². The number of likely N-dealkylation sites (tertiary alicyclic amines) is 1. The summed E-state index contributed by atoms with van der Waals surface area (Å²) >= 11 is 0. The zero-order valence-electron chi connectivity index (χ0n) is 23.5. The van der Waals surface area contributed by atoms with Gasteiger partial charge in [0.2, 0.25) is 5.91 Å². The minimum Gasteiger partial charge on any atom is -0.481 e. The largest absolute Gasteiger partial charge is 0.481 e. The van der Waals surface area contributed by atoms with Gasteiger partial charge in [-0.1, -0.05) is 42.8 Å². The number of hydrogen-bond acceptors (Lipinski definition) is 3. The van der Waals surface area contributed by atoms with Gasteiger partial charge in [-0.05, 0) is 87.0 Å². The van der Waals surface area contributed by atoms with Crippen LogP contribution in [0.4, 0.5) is 0 Å². The summed E-state index contributed by atoms with van der Waals surface area (Å²) in [6, 6.07) is 16.7. The Balaban J connectivity index is 1.15. The summed E-state index contributed by atoms with van der Waals surface area (Å²) in [5.41, 5.74) is 5.22. The fourth-order valence-corrected chi connectivity index (χ4v) is 7.33. The summed E-state index contributed by atoms with van der Waals surface area (Å²) in [4.78, 5) is 30.8. The van der Waals surface area contributed by atoms with Gasteiger partial charge in [0.15, 0.2) is 6.10 Å². The fourth-order valence-electron chi connectivity index (χ4n) is 7.33. The maximum atomic E-state index is 13.6. The van der Waals surface area contributed by atoms with Crippen molar-refractivity contribution in [3.63, 3.8) is 0 Å². The molecular formula is C33H41N3O3. The van der Waals surface area contributed by atoms with Crippen molar-refractivity contribution in [1.82, 2.24) is 14.4 Å². The Bertz CT molecular complexity index is 1370. The lowest BCUT2D eigenvalue weighted by atomic mass is 9.73. The Morgan fingerprint density at radius 3 is 2.56 bits per heavy atom. The first kappa shape index (κ1) is 26.0. The van der Waals surface area contributed by atoms with E-state index in [2.05, 4.69) is 39.8 Å². The van der Waals surface area contributed by atoms with Crippen molar-refractivity contribution in [2.75, 3.05) is 26.7 Å². The molecule has 1 aromatic heterocycles. The van der Waals surface area contributed by atoms with E-state index in [-0.39, 0.29) is 17.2 Å². The molecule has 1 saturated heterocycles. The molecule has 1 aliphatic carbocycles. The smallest absolute Gasteiger partial charge is 0.263 e. The first-order valence-corrected chi connectivity index (χ1v) is 14.8. The van der Waals surface area contributed by atoms with Crippen molar-refractivity contribution in [2.45, 2.75) is 77.4 Å². The van der Waals surface area contributed by atoms with Crippen LogP contribution < -0.4 is 4.74 Å². The monoisotopic (exact) mass is 527 g/mol. The van der Waals surface area contributed by atoms with Crippen molar-refractivity contribution in [1.29, 1.82) is 0 Å². The van der Waals surface area contributed by atoms with Gasteiger partial charge in [-0.15, -0.1) is 0 Å². The highest BCUT2D eigenvalue weighted by atomic mass is 16.5. The van der Waals surface area contributed by atoms with E-state index < -0.39 is 6.10 Å². The molecule has 0 bridgehead atoms. The van der Waals surface area contributed by atoms with Gasteiger partial charge in [-0.3, -0.25) is 9.59 Å². The third-order valence-corrected chi connectivity index (χ3v) is 9.48. The second kappa shape index (κ2) is 10.7. The lowest BCUT2D eigenvalue weighted by Gasteiger charge is -2.44. The van der Waals surface area contributed by atoms with Crippen molar-refractivity contribution < 1.29 is 14.3 Å². The number of para-hydroxylation sites is 2. The second-order valence-corrected chi connectivity index (χ2v) is 12.0. The van der Waals surface area contributed by atoms with Gasteiger partial charge in [0, 0.05) is 43.3 Å². The molecule has 2 amide bonds. The number of nitrogens with zero attached hydrogens (tertiary/aromatic N) is 3. The lowest BCUT2D eigenvalue weighted by molar-refractivity contribution is -0.140. The topological polar surface area (TPSA) is 54.8 Å². The third kappa shape index (κ3) is 5.06. The molecule has 6 heteroatoms. The van der Waals surface area contributed by atoms with Crippen LogP contribution in [0.25, 0.3) is 10.9 Å². The number of aromatic nitrogens is 1. The summed E-state index contributed by atoms with van der Waals surface area (Å²) in [5.74, 6) is 1.07. The van der Waals surface area contributed by atoms with Gasteiger partial charge in [-0.2, -0.15) is 0 Å². The fraction of sp³-hybridized carbons (Fsp3) is 0.515. The molecule has 6 rings (SSSR count). The first-order chi connectivity index (χ1) is 18.9. The average molecular weight is 528 g/mol. The molecule has 2 aromatic carbocycles. The minimum atomic E-state index is -0.521. The average Bonchev–Trinajstić information content (AvgIpc) is 3.54. The normalized spacial score (nSPS) is 21.7. The van der Waals surface area contributed by atoms with E-state index in [4.69, 9.17) is 4.74 Å². The quantitative estimate of drug-likeness (QED) is 0.449. The number of aryl methyl sites for hydroxylation is 2. The van der Waals surface area contributed by atoms with Gasteiger partial charge in [-0.25, -0.2) is 0 Å². The molecule has 1 spiro atoms. The van der Waals surface area contributed by atoms with Crippen LogP contribution in [-0.2, 0) is 35.4 Å². The highest BCUT2D eigenvalue weighted by Gasteiger charge is 2.38. The molecule has 206 valence electrons. The van der Waals surface area contributed by atoms with Gasteiger partial charge in [0.1, 0.15) is 12.3 Å². The first-order valence-electron chi connectivity index (χ1n) is 14.8. The van der Waals surface area contributed by atoms with E-state index >= 15 is 0 Å². The number of likely N-dealkylation sites (N-methyl/N-ethyl adjacent to an activating group) is 1. The minimum absolute atomic E-state index is 0.0246. The van der Waals surface area contributed by atoms with E-state index in [9.17, 15) is 9.59 Å². The molecule has 39 heavy (non-hydrogen) atoms. The van der Waals surface area contributed by atoms with Crippen LogP contribution >= 0.6 is 0 Å². The number of fused-ring (bicyclic) bond motifs is 4. The van der Waals surface area contributed by atoms with Crippen molar-refractivity contribution in [2.24, 2.45) is 5.41 Å². The predicted octanol–water partition coefficient (Wildman–Crippen LogP) is 5.39. The van der Waals surface area contributed by atoms with Crippen LogP contribution in [0, 0.1) is 5.41 Å². The lowest BCUT2D eigenvalue weighted by Crippen LogP contribution is -2.50. The maximum absolute atomic E-state index is 13.6. The molecular weight excluding hydrogens is 486 g/mol. The van der Waals surface area contributed by atoms with Gasteiger partial charge in [0.25, 0.3) is 5.91 Å². The summed E-state index contributed by atoms with van der Waals surface area (Å²) in [7, 11) is 1.91. The number of amides is 2. The summed E-state index contributed by atoms with van der Waals surface area (Å²) in [5, 5.41) is 1.32. The molecule has 0 saturated carbocycles. The molecule has 0 radical (unpaired) electrons. The predicted molar refractivity (Wildman–Crippen MR) is 154 cm³/mol. The van der Waals surface area contributed by atoms with Crippen LogP contribution in [0.15, 0.2) is 48.5 Å². The molecule has 0 N–H and O–H groups in total. The molecule has 1 atom stereocenters. The van der Waals surface area contributed by atoms with Crippen LogP contribution in [0.1, 0.15) is 62.3 Å². The van der Waals surface area contributed by atoms with E-state index in [0.29, 0.717) is 6.54 Å². The Hall–Kier alpha value is -3.28. The zero-order chi connectivity index (χ0) is 27.0. The summed E-state index contributed by atoms with van der Waals surface area (Å²) in [6.45, 7) is 4.53. The van der Waals surface area contributed by atoms with E-state index in [1.54, 1.807) is 0 Å². The van der Waals surface area contributed by atoms with Crippen LogP contribution in [0.2, 0.25) is 0 Å². The van der Waals surface area contributed by atoms with Crippen LogP contribution in [0.3, 0.4) is 0 Å². The zero-order valence-corrected chi connectivity index (χ0v) is 23.5. The number of hydrogen-bond donors (Lipinski definition) is 0. The molecule has 3 aromatic rings. The van der Waals surface area contributed by atoms with Crippen molar-refractivity contribution >= 4 is 22.7 Å². The van der Waals surface area contributed by atoms with Gasteiger partial charge < -0.3 is 19.1 Å². The third-order valence-electron chi connectivity index (χ3n) is 9.48. The maximum Gasteiger partial charge on any atom is 0.263 e. The summed E-state index contributed by atoms with van der Waals surface area (Å²) < 4.78 is 8.43. The number of carbonyl (C=O) groups excluding carboxylic acids is 2. The number of rotatable bonds is 2. The molecule has 2 aliphatic heterocycles. The Morgan fingerprint density at radius 2 is 1.72 bits per heavy atom. The number of ether oxygens (including phenoxy) is 1. The standard InChI is InChI=1S/C33H41N3O3/c1-24-32(38)34(2)23-33(17-8-7-11-25-10-3-6-16-30(25)39-24)18-20-35(21-19-33)31(37)22-36-28-14-5-4-12-26(28)27-13-9-15-29(27)36/h3-6,10,12,14,16,24H,7-9,11,13,15,17-23H2,1-2H3/t24-/m1/s1. The molecule has 3 heterocycles. The van der Waals surface area contributed by atoms with E-state index in [1.807, 2.05) is 37.1 Å². The van der Waals surface area contributed by atoms with Crippen molar-refractivity contribution in [3.8, 4) is 5.75 Å². The van der Waals surface area contributed by atoms with E-state index in [0.717, 1.165) is 76.8 Å². The highest BCUT2D eigenvalue weighted by Crippen LogP contribution is 2.39. The Labute approximate surface area is 231 Å². The molecule has 1 fully saturated rings. The van der Waals surface area contributed by atoms with Gasteiger partial charge in [0.05, 0.1) is 0 Å². The second-order valence-electron chi connectivity index (χ2n) is 12.0. The van der Waals surface area contributed by atoms with Crippen LogP contribution in [-0.4, -0.2) is 59.0 Å². The molecule has 6 nitrogen and oxygen atoms in total. The van der Waals surface area contributed by atoms with Gasteiger partial charge >= 0.3 is 0 Å². The number of benzene rings is 2. The van der Waals surface area contributed by atoms with E-state index in [1.165, 1.54) is 34.1 Å². The Morgan fingerprint density at radius 1 is 0.949 bits per heavy atom. The number of piperidine rings is 1. The molecule has 3 aliphatic rings. The Kier molecular flexibility index (Phi) is 7.13. The SMILES string of the molecule is C[C@H]1Oc2ccccc2CCCCC2(CCN(C(=O)Cn3c4c(c5ccccc53)CCC4)CC2)CN(C)C1=O. The van der Waals surface area contributed by atoms with Crippen LogP contribution in [0.5, 0.6) is 5.75 Å². The molecule has 0 unspecified atom stereocenters. The summed E-state index contributed by atoms with van der Waals surface area (Å²) in [6.07, 6.45) is 8.97. The highest BCUT2D eigenvalue weighted by molar-refractivity contribution is 5.88.